The summed E-state index contributed by atoms with van der Waals surface area (Å²) in [6.45, 7) is 4.20. The summed E-state index contributed by atoms with van der Waals surface area (Å²) in [5.74, 6) is 7.00. The lowest BCUT2D eigenvalue weighted by atomic mass is 10.0. The van der Waals surface area contributed by atoms with Crippen molar-refractivity contribution in [1.82, 2.24) is 9.62 Å². The van der Waals surface area contributed by atoms with Crippen molar-refractivity contribution in [1.29, 1.82) is 0 Å². The van der Waals surface area contributed by atoms with Crippen LogP contribution in [0.3, 0.4) is 0 Å². The van der Waals surface area contributed by atoms with Crippen molar-refractivity contribution < 1.29 is 23.0 Å². The van der Waals surface area contributed by atoms with Gasteiger partial charge >= 0.3 is 0 Å². The van der Waals surface area contributed by atoms with Crippen molar-refractivity contribution in [2.24, 2.45) is 5.92 Å². The smallest absolute Gasteiger partial charge is 0.247 e. The number of nitrogens with zero attached hydrogens (tertiary/aromatic N) is 1. The van der Waals surface area contributed by atoms with Crippen LogP contribution in [0.5, 0.6) is 11.5 Å². The van der Waals surface area contributed by atoms with Crippen LogP contribution >= 0.6 is 0 Å². The summed E-state index contributed by atoms with van der Waals surface area (Å²) in [6.07, 6.45) is -0.250. The minimum Gasteiger partial charge on any atom is -0.495 e. The number of aliphatic hydroxyl groups is 1. The normalized spacial score (nSPS) is 21.2. The molecule has 0 saturated heterocycles. The van der Waals surface area contributed by atoms with Crippen LogP contribution in [0.15, 0.2) is 47.4 Å². The molecular weight excluding hydrogens is 428 g/mol. The van der Waals surface area contributed by atoms with E-state index in [1.54, 1.807) is 26.2 Å². The Labute approximate surface area is 190 Å². The lowest BCUT2D eigenvalue weighted by molar-refractivity contribution is 0.103. The summed E-state index contributed by atoms with van der Waals surface area (Å²) < 4.78 is 39.8. The number of fused-ring (bicyclic) bond motifs is 1. The number of sulfonamides is 1. The van der Waals surface area contributed by atoms with E-state index in [-0.39, 0.29) is 35.8 Å². The summed E-state index contributed by atoms with van der Waals surface area (Å²) in [6, 6.07) is 11.8. The molecule has 3 rings (SSSR count). The van der Waals surface area contributed by atoms with E-state index in [0.29, 0.717) is 17.9 Å². The van der Waals surface area contributed by atoms with Gasteiger partial charge in [0.1, 0.15) is 22.5 Å². The highest BCUT2D eigenvalue weighted by Gasteiger charge is 2.37. The van der Waals surface area contributed by atoms with E-state index in [0.717, 1.165) is 5.56 Å². The van der Waals surface area contributed by atoms with Crippen LogP contribution in [0.1, 0.15) is 25.0 Å². The molecule has 0 aromatic heterocycles. The molecule has 0 aliphatic carbocycles. The van der Waals surface area contributed by atoms with E-state index in [2.05, 4.69) is 17.2 Å². The number of hydrogen-bond acceptors (Lipinski definition) is 6. The Balaban J connectivity index is 2.08. The number of benzene rings is 2. The van der Waals surface area contributed by atoms with Crippen molar-refractivity contribution in [3.63, 3.8) is 0 Å². The predicted molar refractivity (Wildman–Crippen MR) is 123 cm³/mol. The Morgan fingerprint density at radius 1 is 1.28 bits per heavy atom. The van der Waals surface area contributed by atoms with Crippen LogP contribution in [-0.2, 0) is 10.0 Å². The first-order valence-corrected chi connectivity index (χ1v) is 12.0. The zero-order chi connectivity index (χ0) is 23.3. The highest BCUT2D eigenvalue weighted by molar-refractivity contribution is 7.89. The first-order chi connectivity index (χ1) is 15.3. The average Bonchev–Trinajstić information content (AvgIpc) is 2.79. The number of rotatable bonds is 5. The lowest BCUT2D eigenvalue weighted by Crippen LogP contribution is -2.49. The third-order valence-corrected chi connectivity index (χ3v) is 7.54. The molecule has 3 atom stereocenters. The van der Waals surface area contributed by atoms with Crippen molar-refractivity contribution in [3.05, 3.63) is 53.6 Å². The molecular formula is C24H30N2O5S. The standard InChI is InChI=1S/C24H30N2O5S/c1-17-15-26(18(2)16-27)32(28,29)24-12-10-19(13-22(24)31-23(17)14-25-3)9-11-20-7-5-6-8-21(20)30-4/h5-8,10,12-13,17-18,23,25,27H,14-16H2,1-4H3/t17-,18-,23+/m1/s1. The zero-order valence-electron chi connectivity index (χ0n) is 18.8. The summed E-state index contributed by atoms with van der Waals surface area (Å²) >= 11 is 0. The van der Waals surface area contributed by atoms with Gasteiger partial charge in [-0.2, -0.15) is 4.31 Å². The fourth-order valence-corrected chi connectivity index (χ4v) is 5.46. The number of para-hydroxylation sites is 1. The van der Waals surface area contributed by atoms with Crippen LogP contribution in [0.25, 0.3) is 0 Å². The van der Waals surface area contributed by atoms with Gasteiger partial charge in [-0.05, 0) is 44.3 Å². The largest absolute Gasteiger partial charge is 0.495 e. The summed E-state index contributed by atoms with van der Waals surface area (Å²) in [7, 11) is -0.441. The van der Waals surface area contributed by atoms with Crippen molar-refractivity contribution in [2.75, 3.05) is 33.9 Å². The Morgan fingerprint density at radius 3 is 2.72 bits per heavy atom. The maximum atomic E-state index is 13.4. The van der Waals surface area contributed by atoms with Gasteiger partial charge in [0.2, 0.25) is 10.0 Å². The second-order valence-electron chi connectivity index (χ2n) is 7.91. The molecule has 0 fully saturated rings. The number of likely N-dealkylation sites (N-methyl/N-ethyl adjacent to an activating group) is 1. The van der Waals surface area contributed by atoms with E-state index in [1.165, 1.54) is 10.4 Å². The molecule has 32 heavy (non-hydrogen) atoms. The summed E-state index contributed by atoms with van der Waals surface area (Å²) in [5, 5.41) is 12.8. The van der Waals surface area contributed by atoms with Gasteiger partial charge in [-0.1, -0.05) is 30.9 Å². The highest BCUT2D eigenvalue weighted by atomic mass is 32.2. The van der Waals surface area contributed by atoms with Gasteiger partial charge in [-0.25, -0.2) is 8.42 Å². The second kappa shape index (κ2) is 10.4. The van der Waals surface area contributed by atoms with Crippen LogP contribution < -0.4 is 14.8 Å². The highest BCUT2D eigenvalue weighted by Crippen LogP contribution is 2.34. The van der Waals surface area contributed by atoms with Crippen molar-refractivity contribution in [3.8, 4) is 23.3 Å². The SMILES string of the molecule is CNC[C@@H]1Oc2cc(C#Cc3ccccc3OC)ccc2S(=O)(=O)N([C@H](C)CO)C[C@H]1C. The molecule has 0 radical (unpaired) electrons. The van der Waals surface area contributed by atoms with Gasteiger partial charge in [0.05, 0.1) is 19.3 Å². The maximum Gasteiger partial charge on any atom is 0.247 e. The lowest BCUT2D eigenvalue weighted by Gasteiger charge is -2.36. The maximum absolute atomic E-state index is 13.4. The molecule has 0 unspecified atom stereocenters. The van der Waals surface area contributed by atoms with E-state index in [9.17, 15) is 13.5 Å². The third-order valence-electron chi connectivity index (χ3n) is 5.52. The van der Waals surface area contributed by atoms with Gasteiger partial charge in [0.25, 0.3) is 0 Å². The number of methoxy groups -OCH3 is 1. The molecule has 0 bridgehead atoms. The molecule has 8 heteroatoms. The Hall–Kier alpha value is -2.57. The van der Waals surface area contributed by atoms with Crippen molar-refractivity contribution >= 4 is 10.0 Å². The molecule has 172 valence electrons. The first kappa shape index (κ1) is 24.1. The van der Waals surface area contributed by atoms with Gasteiger partial charge < -0.3 is 19.9 Å². The van der Waals surface area contributed by atoms with Gasteiger partial charge in [-0.3, -0.25) is 0 Å². The molecule has 0 spiro atoms. The molecule has 0 saturated carbocycles. The minimum atomic E-state index is -3.86. The van der Waals surface area contributed by atoms with Gasteiger partial charge in [-0.15, -0.1) is 0 Å². The van der Waals surface area contributed by atoms with Crippen LogP contribution in [-0.4, -0.2) is 63.8 Å². The Bertz CT molecular complexity index is 1110. The summed E-state index contributed by atoms with van der Waals surface area (Å²) in [5.41, 5.74) is 1.36. The van der Waals surface area contributed by atoms with Crippen LogP contribution in [0, 0.1) is 17.8 Å². The minimum absolute atomic E-state index is 0.0774. The number of hydrogen-bond donors (Lipinski definition) is 2. The van der Waals surface area contributed by atoms with E-state index in [4.69, 9.17) is 9.47 Å². The fourth-order valence-electron chi connectivity index (χ4n) is 3.64. The second-order valence-corrected chi connectivity index (χ2v) is 9.77. The Kier molecular flexibility index (Phi) is 7.80. The average molecular weight is 459 g/mol. The van der Waals surface area contributed by atoms with Crippen LogP contribution in [0.4, 0.5) is 0 Å². The molecule has 2 N–H and O–H groups in total. The van der Waals surface area contributed by atoms with Gasteiger partial charge in [0, 0.05) is 30.6 Å². The third kappa shape index (κ3) is 5.08. The Morgan fingerprint density at radius 2 is 2.03 bits per heavy atom. The molecule has 0 amide bonds. The first-order valence-electron chi connectivity index (χ1n) is 10.5. The fraction of sp³-hybridized carbons (Fsp3) is 0.417. The predicted octanol–water partition coefficient (Wildman–Crippen LogP) is 2.08. The molecule has 7 nitrogen and oxygen atoms in total. The van der Waals surface area contributed by atoms with Gasteiger partial charge in [0.15, 0.2) is 0 Å². The van der Waals surface area contributed by atoms with E-state index < -0.39 is 16.1 Å². The molecule has 1 aliphatic heterocycles. The molecule has 2 aromatic rings. The monoisotopic (exact) mass is 458 g/mol. The van der Waals surface area contributed by atoms with E-state index >= 15 is 0 Å². The van der Waals surface area contributed by atoms with Crippen LogP contribution in [0.2, 0.25) is 0 Å². The summed E-state index contributed by atoms with van der Waals surface area (Å²) in [4.78, 5) is 0.0774. The zero-order valence-corrected chi connectivity index (χ0v) is 19.6. The van der Waals surface area contributed by atoms with E-state index in [1.807, 2.05) is 38.2 Å². The number of nitrogens with one attached hydrogen (secondary N) is 1. The van der Waals surface area contributed by atoms with Crippen molar-refractivity contribution in [2.45, 2.75) is 30.9 Å². The quantitative estimate of drug-likeness (QED) is 0.667. The number of ether oxygens (including phenoxy) is 2. The molecule has 1 aliphatic rings. The number of aliphatic hydroxyl groups excluding tert-OH is 1. The topological polar surface area (TPSA) is 88.1 Å². The molecule has 1 heterocycles. The molecule has 2 aromatic carbocycles.